The Morgan fingerprint density at radius 2 is 2.09 bits per heavy atom. The summed E-state index contributed by atoms with van der Waals surface area (Å²) in [5.41, 5.74) is 1.43. The van der Waals surface area contributed by atoms with Gasteiger partial charge in [-0.25, -0.2) is 4.39 Å². The number of nitrogens with one attached hydrogen (secondary N) is 1. The van der Waals surface area contributed by atoms with E-state index in [9.17, 15) is 9.18 Å². The van der Waals surface area contributed by atoms with E-state index in [1.165, 1.54) is 12.1 Å². The maximum atomic E-state index is 12.8. The van der Waals surface area contributed by atoms with Crippen LogP contribution in [0.15, 0.2) is 52.4 Å². The average molecular weight is 316 g/mol. The second-order valence-corrected chi connectivity index (χ2v) is 5.69. The molecular weight excluding hydrogens is 303 g/mol. The molecule has 0 unspecified atom stereocenters. The van der Waals surface area contributed by atoms with Gasteiger partial charge in [-0.1, -0.05) is 23.4 Å². The van der Waals surface area contributed by atoms with Gasteiger partial charge in [0.1, 0.15) is 5.82 Å². The second kappa shape index (κ2) is 6.53. The fourth-order valence-electron chi connectivity index (χ4n) is 1.96. The maximum Gasteiger partial charge on any atom is 0.226 e. The van der Waals surface area contributed by atoms with Crippen molar-refractivity contribution in [3.05, 3.63) is 64.9 Å². The van der Waals surface area contributed by atoms with E-state index in [2.05, 4.69) is 10.5 Å². The molecule has 0 aliphatic carbocycles. The molecule has 0 aliphatic heterocycles. The molecule has 0 fully saturated rings. The maximum absolute atomic E-state index is 12.8. The van der Waals surface area contributed by atoms with Crippen molar-refractivity contribution < 1.29 is 13.7 Å². The van der Waals surface area contributed by atoms with Crippen LogP contribution in [0.5, 0.6) is 0 Å². The standard InChI is InChI=1S/C16H13FN2O2S/c17-12-5-3-11(4-6-12)10-18-16(20)9-13-8-14(21-19-13)15-2-1-7-22-15/h1-8H,9-10H2,(H,18,20). The molecule has 1 aromatic carbocycles. The van der Waals surface area contributed by atoms with Gasteiger partial charge < -0.3 is 9.84 Å². The molecule has 0 aliphatic rings. The van der Waals surface area contributed by atoms with E-state index in [0.29, 0.717) is 18.0 Å². The Morgan fingerprint density at radius 3 is 2.82 bits per heavy atom. The molecule has 2 heterocycles. The molecule has 2 aromatic heterocycles. The Hall–Kier alpha value is -2.47. The summed E-state index contributed by atoms with van der Waals surface area (Å²) in [6.07, 6.45) is 0.149. The van der Waals surface area contributed by atoms with Crippen molar-refractivity contribution in [1.29, 1.82) is 0 Å². The third-order valence-corrected chi connectivity index (χ3v) is 3.95. The van der Waals surface area contributed by atoms with Crippen LogP contribution >= 0.6 is 11.3 Å². The quantitative estimate of drug-likeness (QED) is 0.785. The van der Waals surface area contributed by atoms with E-state index in [4.69, 9.17) is 4.52 Å². The molecule has 4 nitrogen and oxygen atoms in total. The largest absolute Gasteiger partial charge is 0.355 e. The summed E-state index contributed by atoms with van der Waals surface area (Å²) < 4.78 is 18.0. The number of nitrogens with zero attached hydrogens (tertiary/aromatic N) is 1. The zero-order valence-electron chi connectivity index (χ0n) is 11.6. The highest BCUT2D eigenvalue weighted by Gasteiger charge is 2.11. The minimum atomic E-state index is -0.293. The molecule has 0 atom stereocenters. The Morgan fingerprint density at radius 1 is 1.27 bits per heavy atom. The lowest BCUT2D eigenvalue weighted by molar-refractivity contribution is -0.120. The van der Waals surface area contributed by atoms with Gasteiger partial charge >= 0.3 is 0 Å². The summed E-state index contributed by atoms with van der Waals surface area (Å²) in [5.74, 6) is 0.213. The summed E-state index contributed by atoms with van der Waals surface area (Å²) >= 11 is 1.55. The molecule has 0 saturated carbocycles. The molecule has 6 heteroatoms. The van der Waals surface area contributed by atoms with Crippen LogP contribution in [-0.2, 0) is 17.8 Å². The molecule has 3 rings (SSSR count). The molecular formula is C16H13FN2O2S. The molecule has 0 bridgehead atoms. The summed E-state index contributed by atoms with van der Waals surface area (Å²) in [6.45, 7) is 0.356. The van der Waals surface area contributed by atoms with Gasteiger partial charge in [-0.3, -0.25) is 4.79 Å². The Bertz CT molecular complexity index is 751. The van der Waals surface area contributed by atoms with Crippen LogP contribution in [0.3, 0.4) is 0 Å². The Labute approximate surface area is 130 Å². The van der Waals surface area contributed by atoms with Gasteiger partial charge in [0.05, 0.1) is 17.0 Å². The summed E-state index contributed by atoms with van der Waals surface area (Å²) in [5, 5.41) is 8.62. The first-order valence-electron chi connectivity index (χ1n) is 6.71. The van der Waals surface area contributed by atoms with Crippen LogP contribution in [-0.4, -0.2) is 11.1 Å². The molecule has 1 amide bonds. The fourth-order valence-corrected chi connectivity index (χ4v) is 2.63. The van der Waals surface area contributed by atoms with E-state index in [0.717, 1.165) is 10.4 Å². The first-order valence-corrected chi connectivity index (χ1v) is 7.59. The van der Waals surface area contributed by atoms with Gasteiger partial charge in [-0.15, -0.1) is 11.3 Å². The third-order valence-electron chi connectivity index (χ3n) is 3.07. The smallest absolute Gasteiger partial charge is 0.226 e. The SMILES string of the molecule is O=C(Cc1cc(-c2cccs2)on1)NCc1ccc(F)cc1. The Balaban J connectivity index is 1.54. The third kappa shape index (κ3) is 3.59. The van der Waals surface area contributed by atoms with Crippen molar-refractivity contribution in [2.24, 2.45) is 0 Å². The van der Waals surface area contributed by atoms with Gasteiger partial charge in [-0.05, 0) is 29.1 Å². The summed E-state index contributed by atoms with van der Waals surface area (Å²) in [6, 6.07) is 11.6. The molecule has 1 N–H and O–H groups in total. The highest BCUT2D eigenvalue weighted by molar-refractivity contribution is 7.13. The predicted molar refractivity (Wildman–Crippen MR) is 81.8 cm³/mol. The number of carbonyl (C=O) groups is 1. The van der Waals surface area contributed by atoms with E-state index in [1.807, 2.05) is 17.5 Å². The number of halogens is 1. The van der Waals surface area contributed by atoms with Crippen molar-refractivity contribution in [2.75, 3.05) is 0 Å². The number of amides is 1. The lowest BCUT2D eigenvalue weighted by atomic mass is 10.2. The lowest BCUT2D eigenvalue weighted by Gasteiger charge is -2.03. The minimum Gasteiger partial charge on any atom is -0.355 e. The van der Waals surface area contributed by atoms with Crippen LogP contribution in [0, 0.1) is 5.82 Å². The number of hydrogen-bond acceptors (Lipinski definition) is 4. The van der Waals surface area contributed by atoms with E-state index < -0.39 is 0 Å². The lowest BCUT2D eigenvalue weighted by Crippen LogP contribution is -2.24. The average Bonchev–Trinajstić information content (AvgIpc) is 3.17. The normalized spacial score (nSPS) is 10.6. The van der Waals surface area contributed by atoms with E-state index >= 15 is 0 Å². The molecule has 0 spiro atoms. The molecule has 3 aromatic rings. The van der Waals surface area contributed by atoms with E-state index in [-0.39, 0.29) is 18.1 Å². The monoisotopic (exact) mass is 316 g/mol. The van der Waals surface area contributed by atoms with Crippen molar-refractivity contribution in [2.45, 2.75) is 13.0 Å². The van der Waals surface area contributed by atoms with Crippen molar-refractivity contribution in [3.63, 3.8) is 0 Å². The highest BCUT2D eigenvalue weighted by atomic mass is 32.1. The van der Waals surface area contributed by atoms with Gasteiger partial charge in [0.15, 0.2) is 5.76 Å². The van der Waals surface area contributed by atoms with Crippen molar-refractivity contribution in [1.82, 2.24) is 10.5 Å². The zero-order chi connectivity index (χ0) is 15.4. The summed E-state index contributed by atoms with van der Waals surface area (Å²) in [7, 11) is 0. The number of thiophene rings is 1. The molecule has 112 valence electrons. The van der Waals surface area contributed by atoms with Crippen LogP contribution in [0.4, 0.5) is 4.39 Å². The van der Waals surface area contributed by atoms with Crippen molar-refractivity contribution >= 4 is 17.2 Å². The zero-order valence-corrected chi connectivity index (χ0v) is 12.4. The number of carbonyl (C=O) groups excluding carboxylic acids is 1. The van der Waals surface area contributed by atoms with Gasteiger partial charge in [0.25, 0.3) is 0 Å². The van der Waals surface area contributed by atoms with Crippen LogP contribution in [0.25, 0.3) is 10.6 Å². The minimum absolute atomic E-state index is 0.149. The van der Waals surface area contributed by atoms with Crippen LogP contribution in [0.2, 0.25) is 0 Å². The van der Waals surface area contributed by atoms with Gasteiger partial charge in [0.2, 0.25) is 5.91 Å². The molecule has 22 heavy (non-hydrogen) atoms. The second-order valence-electron chi connectivity index (χ2n) is 4.74. The number of benzene rings is 1. The van der Waals surface area contributed by atoms with Crippen LogP contribution < -0.4 is 5.32 Å². The fraction of sp³-hybridized carbons (Fsp3) is 0.125. The highest BCUT2D eigenvalue weighted by Crippen LogP contribution is 2.25. The topological polar surface area (TPSA) is 55.1 Å². The Kier molecular flexibility index (Phi) is 4.29. The van der Waals surface area contributed by atoms with E-state index in [1.54, 1.807) is 29.5 Å². The number of hydrogen-bond donors (Lipinski definition) is 1. The number of aromatic nitrogens is 1. The molecule has 0 saturated heterocycles. The number of rotatable bonds is 5. The first-order chi connectivity index (χ1) is 10.7. The predicted octanol–water partition coefficient (Wildman–Crippen LogP) is 3.40. The first kappa shape index (κ1) is 14.5. The van der Waals surface area contributed by atoms with Crippen LogP contribution in [0.1, 0.15) is 11.3 Å². The molecule has 0 radical (unpaired) electrons. The van der Waals surface area contributed by atoms with Gasteiger partial charge in [-0.2, -0.15) is 0 Å². The van der Waals surface area contributed by atoms with Crippen molar-refractivity contribution in [3.8, 4) is 10.6 Å². The summed E-state index contributed by atoms with van der Waals surface area (Å²) in [4.78, 5) is 12.9. The van der Waals surface area contributed by atoms with Gasteiger partial charge in [0, 0.05) is 12.6 Å².